The lowest BCUT2D eigenvalue weighted by Crippen LogP contribution is 0.648. The molecule has 0 aromatic rings. The lowest BCUT2D eigenvalue weighted by atomic mass is 32.1. The monoisotopic (exact) mass is 142 g/mol. The fourth-order valence-corrected chi connectivity index (χ4v) is 0. The Balaban J connectivity index is 0. The van der Waals surface area contributed by atoms with E-state index < -0.39 is 0 Å². The lowest BCUT2D eigenvalue weighted by Gasteiger charge is -0.197. The topological polar surface area (TPSA) is 0 Å². The van der Waals surface area contributed by atoms with Gasteiger partial charge in [0.15, 0.2) is 0 Å². The van der Waals surface area contributed by atoms with Crippen molar-refractivity contribution in [3.8, 4) is 0 Å². The molecule has 0 unspecified atom stereocenters. The molecule has 0 aromatic heterocycles. The second-order valence-corrected chi connectivity index (χ2v) is 0. The van der Waals surface area contributed by atoms with Crippen molar-refractivity contribution < 1.29 is 0 Å². The summed E-state index contributed by atoms with van der Waals surface area (Å²) in [6.45, 7) is 0. The molecule has 0 saturated heterocycles. The fraction of sp³-hybridized carbons (Fsp3) is 0. The van der Waals surface area contributed by atoms with Gasteiger partial charge in [0.05, 0.1) is 0 Å². The highest BCUT2D eigenvalue weighted by atomic mass is 35.5. The van der Waals surface area contributed by atoms with E-state index in [0.29, 0.717) is 0 Å². The van der Waals surface area contributed by atoms with Gasteiger partial charge in [0.2, 0.25) is 0 Å². The molecule has 0 rings (SSSR count). The molecular weight excluding hydrogens is 138 g/mol. The largest absolute Gasteiger partial charge is 0.197 e. The number of rotatable bonds is 0. The van der Waals surface area contributed by atoms with E-state index in [0.717, 1.165) is 0 Å². The van der Waals surface area contributed by atoms with Crippen LogP contribution < -0.4 is 0 Å². The van der Waals surface area contributed by atoms with Crippen molar-refractivity contribution in [3.63, 3.8) is 0 Å². The molecule has 0 heterocycles. The SMILES string of the molecule is Cl.Cl.Cl.S. The summed E-state index contributed by atoms with van der Waals surface area (Å²) in [4.78, 5) is 0. The van der Waals surface area contributed by atoms with Crippen LogP contribution in [0.4, 0.5) is 0 Å². The van der Waals surface area contributed by atoms with Crippen molar-refractivity contribution >= 4 is 50.7 Å². The summed E-state index contributed by atoms with van der Waals surface area (Å²) in [5, 5.41) is 0. The molecular formula is H5Cl3S. The Hall–Kier alpha value is 1.22. The van der Waals surface area contributed by atoms with Crippen molar-refractivity contribution in [2.45, 2.75) is 0 Å². The molecule has 0 saturated carbocycles. The number of hydrogen-bond donors (Lipinski definition) is 0. The van der Waals surface area contributed by atoms with Gasteiger partial charge >= 0.3 is 0 Å². The molecule has 4 heavy (non-hydrogen) atoms. The van der Waals surface area contributed by atoms with Crippen LogP contribution in [0.1, 0.15) is 0 Å². The first kappa shape index (κ1) is 62.5. The van der Waals surface area contributed by atoms with E-state index >= 15 is 0 Å². The van der Waals surface area contributed by atoms with Gasteiger partial charge in [0, 0.05) is 0 Å². The van der Waals surface area contributed by atoms with Gasteiger partial charge in [-0.05, 0) is 0 Å². The summed E-state index contributed by atoms with van der Waals surface area (Å²) in [6.07, 6.45) is 0. The average molecular weight is 143 g/mol. The Kier molecular flexibility index (Phi) is 459. The molecule has 32 valence electrons. The molecule has 0 bridgehead atoms. The highest BCUT2D eigenvalue weighted by molar-refractivity contribution is 7.59. The summed E-state index contributed by atoms with van der Waals surface area (Å²) in [6, 6.07) is 0. The van der Waals surface area contributed by atoms with Gasteiger partial charge in [0.25, 0.3) is 0 Å². The zero-order chi connectivity index (χ0) is 0. The summed E-state index contributed by atoms with van der Waals surface area (Å²) in [7, 11) is 0. The van der Waals surface area contributed by atoms with Gasteiger partial charge in [-0.15, -0.1) is 37.2 Å². The van der Waals surface area contributed by atoms with Gasteiger partial charge in [-0.3, -0.25) is 0 Å². The van der Waals surface area contributed by atoms with Crippen LogP contribution in [0.2, 0.25) is 0 Å². The molecule has 0 spiro atoms. The van der Waals surface area contributed by atoms with Gasteiger partial charge in [0.1, 0.15) is 0 Å². The summed E-state index contributed by atoms with van der Waals surface area (Å²) >= 11 is 0. The fourth-order valence-electron chi connectivity index (χ4n) is 0. The van der Waals surface area contributed by atoms with Gasteiger partial charge < -0.3 is 0 Å². The van der Waals surface area contributed by atoms with Crippen molar-refractivity contribution in [1.29, 1.82) is 0 Å². The van der Waals surface area contributed by atoms with Crippen molar-refractivity contribution in [2.24, 2.45) is 0 Å². The first-order valence-corrected chi connectivity index (χ1v) is 0. The summed E-state index contributed by atoms with van der Waals surface area (Å²) in [5.41, 5.74) is 0. The van der Waals surface area contributed by atoms with Crippen LogP contribution >= 0.6 is 50.7 Å². The molecule has 0 N–H and O–H groups in total. The van der Waals surface area contributed by atoms with E-state index in [-0.39, 0.29) is 50.7 Å². The Labute approximate surface area is 51.0 Å². The Morgan fingerprint density at radius 3 is 0.500 bits per heavy atom. The second kappa shape index (κ2) is 29.4. The third-order valence-electron chi connectivity index (χ3n) is 0. The molecule has 0 fully saturated rings. The Morgan fingerprint density at radius 2 is 0.500 bits per heavy atom. The molecule has 0 aliphatic carbocycles. The minimum atomic E-state index is 0. The number of halogens is 3. The van der Waals surface area contributed by atoms with E-state index in [1.807, 2.05) is 0 Å². The maximum atomic E-state index is 0. The van der Waals surface area contributed by atoms with Crippen molar-refractivity contribution in [2.75, 3.05) is 0 Å². The van der Waals surface area contributed by atoms with E-state index in [4.69, 9.17) is 0 Å². The van der Waals surface area contributed by atoms with Crippen LogP contribution in [0.15, 0.2) is 0 Å². The molecule has 4 heteroatoms. The Bertz CT molecular complexity index is 3.25. The van der Waals surface area contributed by atoms with Crippen molar-refractivity contribution in [3.05, 3.63) is 0 Å². The van der Waals surface area contributed by atoms with E-state index in [2.05, 4.69) is 0 Å². The third kappa shape index (κ3) is 10.7. The molecule has 0 atom stereocenters. The smallest absolute Gasteiger partial charge is 0.147 e. The molecule has 0 radical (unpaired) electrons. The van der Waals surface area contributed by atoms with Crippen LogP contribution in [0, 0.1) is 0 Å². The van der Waals surface area contributed by atoms with Gasteiger partial charge in [-0.2, -0.15) is 13.5 Å². The molecule has 0 nitrogen and oxygen atoms in total. The summed E-state index contributed by atoms with van der Waals surface area (Å²) in [5.74, 6) is 0. The first-order valence-electron chi connectivity index (χ1n) is 0. The van der Waals surface area contributed by atoms with Crippen LogP contribution in [-0.4, -0.2) is 0 Å². The van der Waals surface area contributed by atoms with E-state index in [1.54, 1.807) is 0 Å². The predicted molar refractivity (Wildman–Crippen MR) is 32.1 cm³/mol. The minimum absolute atomic E-state index is 0. The highest BCUT2D eigenvalue weighted by Crippen LogP contribution is 0.692. The molecule has 0 aliphatic rings. The third-order valence-corrected chi connectivity index (χ3v) is 0. The predicted octanol–water partition coefficient (Wildman–Crippen LogP) is 1.38. The molecule has 0 aliphatic heterocycles. The zero-order valence-corrected chi connectivity index (χ0v) is 5.17. The van der Waals surface area contributed by atoms with Crippen LogP contribution in [0.25, 0.3) is 0 Å². The average Bonchev–Trinajstić information content (AvgIpc) is 0. The quantitative estimate of drug-likeness (QED) is 0.481. The van der Waals surface area contributed by atoms with E-state index in [1.165, 1.54) is 0 Å². The molecule has 0 aromatic carbocycles. The second-order valence-electron chi connectivity index (χ2n) is 0. The minimum Gasteiger partial charge on any atom is -0.197 e. The number of hydrogen-bond acceptors (Lipinski definition) is 0. The standard InChI is InChI=1S/3ClH.H2S/h3*1H;1H2. The lowest BCUT2D eigenvalue weighted by molar-refractivity contribution is 5.85. The normalized spacial score (nSPS) is 0. The Morgan fingerprint density at radius 1 is 0.500 bits per heavy atom. The van der Waals surface area contributed by atoms with Crippen LogP contribution in [0.5, 0.6) is 0 Å². The first-order chi connectivity index (χ1) is 0. The van der Waals surface area contributed by atoms with Crippen LogP contribution in [0.3, 0.4) is 0 Å². The maximum Gasteiger partial charge on any atom is -0.147 e. The van der Waals surface area contributed by atoms with Crippen molar-refractivity contribution in [1.82, 2.24) is 0 Å². The van der Waals surface area contributed by atoms with Gasteiger partial charge in [-0.25, -0.2) is 0 Å². The highest BCUT2D eigenvalue weighted by Gasteiger charge is -0.145. The molecule has 0 amide bonds. The zero-order valence-electron chi connectivity index (χ0n) is 1.72. The summed E-state index contributed by atoms with van der Waals surface area (Å²) < 4.78 is 0. The van der Waals surface area contributed by atoms with Crippen LogP contribution in [-0.2, 0) is 0 Å². The van der Waals surface area contributed by atoms with E-state index in [9.17, 15) is 0 Å². The maximum absolute atomic E-state index is 0. The van der Waals surface area contributed by atoms with Gasteiger partial charge in [-0.1, -0.05) is 0 Å².